The Morgan fingerprint density at radius 2 is 2.00 bits per heavy atom. The first-order valence-electron chi connectivity index (χ1n) is 4.46. The number of aliphatic carboxylic acids is 2. The van der Waals surface area contributed by atoms with Crippen molar-refractivity contribution in [1.82, 2.24) is 0 Å². The van der Waals surface area contributed by atoms with Gasteiger partial charge in [-0.2, -0.15) is 0 Å². The molecular weight excluding hydrogens is 216 g/mol. The summed E-state index contributed by atoms with van der Waals surface area (Å²) in [7, 11) is 2.51. The van der Waals surface area contributed by atoms with Crippen molar-refractivity contribution in [2.75, 3.05) is 14.2 Å². The van der Waals surface area contributed by atoms with Crippen LogP contribution < -0.4 is 0 Å². The molecule has 0 amide bonds. The van der Waals surface area contributed by atoms with Gasteiger partial charge in [0, 0.05) is 13.5 Å². The Hall–Kier alpha value is -1.82. The Balaban J connectivity index is 3.17. The van der Waals surface area contributed by atoms with Gasteiger partial charge in [0.05, 0.1) is 12.7 Å². The average Bonchev–Trinajstić information content (AvgIpc) is 2.27. The van der Waals surface area contributed by atoms with E-state index in [-0.39, 0.29) is 17.8 Å². The van der Waals surface area contributed by atoms with Crippen LogP contribution in [0.15, 0.2) is 23.5 Å². The zero-order valence-corrected chi connectivity index (χ0v) is 8.89. The lowest BCUT2D eigenvalue weighted by molar-refractivity contribution is -0.161. The molecule has 2 N–H and O–H groups in total. The van der Waals surface area contributed by atoms with Gasteiger partial charge in [-0.3, -0.25) is 0 Å². The van der Waals surface area contributed by atoms with E-state index in [1.54, 1.807) is 0 Å². The molecule has 0 heterocycles. The number of carboxylic acid groups (broad SMARTS) is 2. The molecule has 0 fully saturated rings. The molecule has 0 spiro atoms. The van der Waals surface area contributed by atoms with Gasteiger partial charge >= 0.3 is 11.9 Å². The van der Waals surface area contributed by atoms with Gasteiger partial charge in [-0.1, -0.05) is 6.08 Å². The van der Waals surface area contributed by atoms with E-state index in [9.17, 15) is 9.59 Å². The number of methoxy groups -OCH3 is 2. The molecule has 1 unspecified atom stereocenters. The summed E-state index contributed by atoms with van der Waals surface area (Å²) in [6.45, 7) is 0. The SMILES string of the molecule is COC1=CC(C(=O)O)=CCC1(OC)C(=O)O. The highest BCUT2D eigenvalue weighted by Gasteiger charge is 2.45. The van der Waals surface area contributed by atoms with E-state index in [1.165, 1.54) is 20.3 Å². The highest BCUT2D eigenvalue weighted by molar-refractivity contribution is 5.92. The van der Waals surface area contributed by atoms with Crippen LogP contribution in [0.1, 0.15) is 6.42 Å². The summed E-state index contributed by atoms with van der Waals surface area (Å²) in [6, 6.07) is 0. The predicted molar refractivity (Wildman–Crippen MR) is 52.8 cm³/mol. The van der Waals surface area contributed by atoms with E-state index in [0.29, 0.717) is 0 Å². The van der Waals surface area contributed by atoms with E-state index in [1.807, 2.05) is 0 Å². The third kappa shape index (κ3) is 1.79. The summed E-state index contributed by atoms with van der Waals surface area (Å²) in [5.74, 6) is -2.38. The summed E-state index contributed by atoms with van der Waals surface area (Å²) in [5.41, 5.74) is -1.64. The zero-order valence-electron chi connectivity index (χ0n) is 8.89. The lowest BCUT2D eigenvalue weighted by Gasteiger charge is -2.30. The van der Waals surface area contributed by atoms with Gasteiger partial charge in [-0.15, -0.1) is 0 Å². The van der Waals surface area contributed by atoms with Gasteiger partial charge in [0.25, 0.3) is 0 Å². The van der Waals surface area contributed by atoms with E-state index in [4.69, 9.17) is 19.7 Å². The first-order valence-corrected chi connectivity index (χ1v) is 4.46. The summed E-state index contributed by atoms with van der Waals surface area (Å²) < 4.78 is 9.83. The fourth-order valence-electron chi connectivity index (χ4n) is 1.51. The largest absolute Gasteiger partial charge is 0.497 e. The van der Waals surface area contributed by atoms with Crippen LogP contribution in [0.2, 0.25) is 0 Å². The van der Waals surface area contributed by atoms with E-state index in [2.05, 4.69) is 0 Å². The number of rotatable bonds is 4. The van der Waals surface area contributed by atoms with Crippen molar-refractivity contribution in [2.24, 2.45) is 0 Å². The van der Waals surface area contributed by atoms with Crippen molar-refractivity contribution in [2.45, 2.75) is 12.0 Å². The molecule has 0 saturated carbocycles. The van der Waals surface area contributed by atoms with Gasteiger partial charge in [-0.05, 0) is 6.08 Å². The molecule has 16 heavy (non-hydrogen) atoms. The molecule has 0 aromatic heterocycles. The fraction of sp³-hybridized carbons (Fsp3) is 0.400. The molecule has 1 aliphatic rings. The molecule has 0 radical (unpaired) electrons. The van der Waals surface area contributed by atoms with E-state index < -0.39 is 17.5 Å². The Morgan fingerprint density at radius 3 is 2.38 bits per heavy atom. The fourth-order valence-corrected chi connectivity index (χ4v) is 1.51. The molecule has 1 rings (SSSR count). The third-order valence-corrected chi connectivity index (χ3v) is 2.45. The Bertz CT molecular complexity index is 381. The molecule has 88 valence electrons. The van der Waals surface area contributed by atoms with E-state index >= 15 is 0 Å². The molecule has 6 heteroatoms. The van der Waals surface area contributed by atoms with Crippen LogP contribution in [-0.2, 0) is 19.1 Å². The molecule has 0 bridgehead atoms. The minimum Gasteiger partial charge on any atom is -0.497 e. The number of hydrogen-bond donors (Lipinski definition) is 2. The summed E-state index contributed by atoms with van der Waals surface area (Å²) >= 11 is 0. The van der Waals surface area contributed by atoms with Crippen LogP contribution in [0.3, 0.4) is 0 Å². The molecule has 0 aliphatic heterocycles. The molecule has 1 atom stereocenters. The van der Waals surface area contributed by atoms with Crippen LogP contribution in [0.4, 0.5) is 0 Å². The number of carbonyl (C=O) groups is 2. The Morgan fingerprint density at radius 1 is 1.38 bits per heavy atom. The zero-order chi connectivity index (χ0) is 12.3. The van der Waals surface area contributed by atoms with Gasteiger partial charge in [0.15, 0.2) is 0 Å². The van der Waals surface area contributed by atoms with Crippen molar-refractivity contribution >= 4 is 11.9 Å². The molecule has 6 nitrogen and oxygen atoms in total. The predicted octanol–water partition coefficient (Wildman–Crippen LogP) is 0.401. The summed E-state index contributed by atoms with van der Waals surface area (Å²) in [5, 5.41) is 17.9. The number of hydrogen-bond acceptors (Lipinski definition) is 4. The Labute approximate surface area is 91.8 Å². The first kappa shape index (κ1) is 12.3. The summed E-state index contributed by atoms with van der Waals surface area (Å²) in [4.78, 5) is 21.9. The maximum absolute atomic E-state index is 11.1. The topological polar surface area (TPSA) is 93.1 Å². The van der Waals surface area contributed by atoms with Gasteiger partial charge in [0.1, 0.15) is 5.76 Å². The van der Waals surface area contributed by atoms with Crippen molar-refractivity contribution in [1.29, 1.82) is 0 Å². The average molecular weight is 228 g/mol. The number of ether oxygens (including phenoxy) is 2. The molecule has 0 aromatic rings. The second-order valence-corrected chi connectivity index (χ2v) is 3.22. The van der Waals surface area contributed by atoms with Crippen molar-refractivity contribution in [3.05, 3.63) is 23.5 Å². The van der Waals surface area contributed by atoms with Gasteiger partial charge in [0.2, 0.25) is 5.60 Å². The molecule has 1 aliphatic carbocycles. The lowest BCUT2D eigenvalue weighted by Crippen LogP contribution is -2.44. The van der Waals surface area contributed by atoms with Crippen LogP contribution in [0.5, 0.6) is 0 Å². The smallest absolute Gasteiger partial charge is 0.344 e. The molecule has 0 saturated heterocycles. The van der Waals surface area contributed by atoms with Crippen molar-refractivity contribution < 1.29 is 29.3 Å². The maximum atomic E-state index is 11.1. The van der Waals surface area contributed by atoms with Crippen LogP contribution in [0.25, 0.3) is 0 Å². The number of carboxylic acids is 2. The Kier molecular flexibility index (Phi) is 3.34. The highest BCUT2D eigenvalue weighted by atomic mass is 16.6. The third-order valence-electron chi connectivity index (χ3n) is 2.45. The minimum absolute atomic E-state index is 0.00854. The van der Waals surface area contributed by atoms with Crippen LogP contribution >= 0.6 is 0 Å². The monoisotopic (exact) mass is 228 g/mol. The molecule has 0 aromatic carbocycles. The van der Waals surface area contributed by atoms with Crippen LogP contribution in [-0.4, -0.2) is 42.0 Å². The van der Waals surface area contributed by atoms with Gasteiger partial charge < -0.3 is 19.7 Å². The minimum atomic E-state index is -1.63. The van der Waals surface area contributed by atoms with Crippen LogP contribution in [0, 0.1) is 0 Å². The highest BCUT2D eigenvalue weighted by Crippen LogP contribution is 2.32. The maximum Gasteiger partial charge on any atom is 0.344 e. The normalized spacial score (nSPS) is 24.4. The van der Waals surface area contributed by atoms with Crippen molar-refractivity contribution in [3.63, 3.8) is 0 Å². The standard InChI is InChI=1S/C10H12O6/c1-15-7-5-6(8(11)12)3-4-10(7,16-2)9(13)14/h3,5H,4H2,1-2H3,(H,11,12)(H,13,14). The van der Waals surface area contributed by atoms with E-state index in [0.717, 1.165) is 6.08 Å². The lowest BCUT2D eigenvalue weighted by atomic mass is 9.89. The van der Waals surface area contributed by atoms with Gasteiger partial charge in [-0.25, -0.2) is 9.59 Å². The summed E-state index contributed by atoms with van der Waals surface area (Å²) in [6.07, 6.45) is 2.37. The second-order valence-electron chi connectivity index (χ2n) is 3.22. The first-order chi connectivity index (χ1) is 7.47. The quantitative estimate of drug-likeness (QED) is 0.723. The second kappa shape index (κ2) is 4.36. The molecular formula is C10H12O6. The van der Waals surface area contributed by atoms with Crippen molar-refractivity contribution in [3.8, 4) is 0 Å².